The van der Waals surface area contributed by atoms with Gasteiger partial charge in [0.1, 0.15) is 0 Å². The monoisotopic (exact) mass is 221 g/mol. The summed E-state index contributed by atoms with van der Waals surface area (Å²) in [7, 11) is 0. The summed E-state index contributed by atoms with van der Waals surface area (Å²) in [6, 6.07) is 12.9. The fourth-order valence-corrected chi connectivity index (χ4v) is 2.45. The molecule has 0 unspecified atom stereocenters. The van der Waals surface area contributed by atoms with Crippen LogP contribution in [0.1, 0.15) is 23.1 Å². The standard InChI is InChI=1S/C16H15N/c1-2-7-16-14(4-1)5-3-6-15(16)12-13-8-10-17-11-9-13/h1-2,4,6-11H,3,5,12H2. The van der Waals surface area contributed by atoms with E-state index in [0.717, 1.165) is 12.8 Å². The molecular formula is C16H15N. The second kappa shape index (κ2) is 4.54. The number of hydrogen-bond donors (Lipinski definition) is 0. The quantitative estimate of drug-likeness (QED) is 0.754. The van der Waals surface area contributed by atoms with Crippen molar-refractivity contribution in [3.05, 3.63) is 71.6 Å². The third kappa shape index (κ3) is 2.14. The zero-order chi connectivity index (χ0) is 11.5. The van der Waals surface area contributed by atoms with E-state index in [1.54, 1.807) is 0 Å². The van der Waals surface area contributed by atoms with E-state index >= 15 is 0 Å². The molecule has 0 fully saturated rings. The molecule has 0 saturated heterocycles. The second-order valence-electron chi connectivity index (χ2n) is 4.46. The highest BCUT2D eigenvalue weighted by atomic mass is 14.6. The van der Waals surface area contributed by atoms with Crippen LogP contribution >= 0.6 is 0 Å². The Hall–Kier alpha value is -1.89. The molecule has 84 valence electrons. The molecule has 0 amide bonds. The van der Waals surface area contributed by atoms with Gasteiger partial charge in [0.15, 0.2) is 0 Å². The lowest BCUT2D eigenvalue weighted by atomic mass is 9.88. The largest absolute Gasteiger partial charge is 0.265 e. The van der Waals surface area contributed by atoms with Crippen molar-refractivity contribution in [1.82, 2.24) is 4.98 Å². The van der Waals surface area contributed by atoms with Crippen molar-refractivity contribution in [1.29, 1.82) is 0 Å². The predicted molar refractivity (Wildman–Crippen MR) is 70.7 cm³/mol. The van der Waals surface area contributed by atoms with E-state index in [1.807, 2.05) is 12.4 Å². The number of allylic oxidation sites excluding steroid dienone is 2. The first kappa shape index (κ1) is 10.3. The van der Waals surface area contributed by atoms with Crippen LogP contribution in [0.3, 0.4) is 0 Å². The van der Waals surface area contributed by atoms with E-state index in [1.165, 1.54) is 28.7 Å². The van der Waals surface area contributed by atoms with Gasteiger partial charge in [0.25, 0.3) is 0 Å². The highest BCUT2D eigenvalue weighted by Gasteiger charge is 2.11. The van der Waals surface area contributed by atoms with Gasteiger partial charge < -0.3 is 0 Å². The number of rotatable bonds is 2. The third-order valence-corrected chi connectivity index (χ3v) is 3.31. The van der Waals surface area contributed by atoms with Gasteiger partial charge in [-0.15, -0.1) is 0 Å². The molecule has 1 aliphatic rings. The number of benzene rings is 1. The molecule has 1 aromatic carbocycles. The molecule has 0 radical (unpaired) electrons. The van der Waals surface area contributed by atoms with Crippen molar-refractivity contribution >= 4 is 5.57 Å². The summed E-state index contributed by atoms with van der Waals surface area (Å²) >= 11 is 0. The van der Waals surface area contributed by atoms with Gasteiger partial charge in [-0.1, -0.05) is 30.3 Å². The Kier molecular flexibility index (Phi) is 2.74. The summed E-state index contributed by atoms with van der Waals surface area (Å²) in [5.41, 5.74) is 5.70. The predicted octanol–water partition coefficient (Wildman–Crippen LogP) is 3.65. The maximum absolute atomic E-state index is 4.06. The fourth-order valence-electron chi connectivity index (χ4n) is 2.45. The average molecular weight is 221 g/mol. The fraction of sp³-hybridized carbons (Fsp3) is 0.188. The summed E-state index contributed by atoms with van der Waals surface area (Å²) in [4.78, 5) is 4.06. The molecule has 0 bridgehead atoms. The number of pyridine rings is 1. The lowest BCUT2D eigenvalue weighted by molar-refractivity contribution is 0.966. The van der Waals surface area contributed by atoms with Gasteiger partial charge >= 0.3 is 0 Å². The van der Waals surface area contributed by atoms with Crippen molar-refractivity contribution in [3.8, 4) is 0 Å². The van der Waals surface area contributed by atoms with Crippen molar-refractivity contribution < 1.29 is 0 Å². The van der Waals surface area contributed by atoms with Crippen LogP contribution in [-0.4, -0.2) is 4.98 Å². The van der Waals surface area contributed by atoms with Crippen LogP contribution in [0.15, 0.2) is 54.9 Å². The Bertz CT molecular complexity index is 540. The number of fused-ring (bicyclic) bond motifs is 1. The van der Waals surface area contributed by atoms with E-state index in [-0.39, 0.29) is 0 Å². The minimum atomic E-state index is 1.01. The van der Waals surface area contributed by atoms with Crippen molar-refractivity contribution in [2.24, 2.45) is 0 Å². The average Bonchev–Trinajstić information content (AvgIpc) is 2.40. The van der Waals surface area contributed by atoms with Crippen molar-refractivity contribution in [3.63, 3.8) is 0 Å². The summed E-state index contributed by atoms with van der Waals surface area (Å²) in [6.07, 6.45) is 9.46. The molecule has 1 heteroatoms. The zero-order valence-corrected chi connectivity index (χ0v) is 9.76. The summed E-state index contributed by atoms with van der Waals surface area (Å²) in [6.45, 7) is 0. The number of nitrogens with zero attached hydrogens (tertiary/aromatic N) is 1. The minimum absolute atomic E-state index is 1.01. The Morgan fingerprint density at radius 2 is 1.82 bits per heavy atom. The normalized spacial score (nSPS) is 14.0. The van der Waals surface area contributed by atoms with Crippen LogP contribution in [-0.2, 0) is 12.8 Å². The smallest absolute Gasteiger partial charge is 0.0270 e. The zero-order valence-electron chi connectivity index (χ0n) is 9.76. The van der Waals surface area contributed by atoms with Crippen molar-refractivity contribution in [2.75, 3.05) is 0 Å². The molecule has 0 saturated carbocycles. The molecule has 3 rings (SSSR count). The molecule has 0 aliphatic heterocycles. The highest BCUT2D eigenvalue weighted by molar-refractivity contribution is 5.71. The van der Waals surface area contributed by atoms with Crippen LogP contribution in [0.25, 0.3) is 5.57 Å². The Morgan fingerprint density at radius 1 is 1.00 bits per heavy atom. The van der Waals surface area contributed by atoms with E-state index in [0.29, 0.717) is 0 Å². The highest BCUT2D eigenvalue weighted by Crippen LogP contribution is 2.28. The SMILES string of the molecule is C1=C(Cc2ccncc2)c2ccccc2CC1. The maximum atomic E-state index is 4.06. The van der Waals surface area contributed by atoms with E-state index < -0.39 is 0 Å². The number of aromatic nitrogens is 1. The molecule has 0 atom stereocenters. The van der Waals surface area contributed by atoms with Gasteiger partial charge in [0.05, 0.1) is 0 Å². The molecular weight excluding hydrogens is 206 g/mol. The van der Waals surface area contributed by atoms with E-state index in [4.69, 9.17) is 0 Å². The molecule has 1 nitrogen and oxygen atoms in total. The summed E-state index contributed by atoms with van der Waals surface area (Å²) in [5, 5.41) is 0. The Balaban J connectivity index is 1.92. The van der Waals surface area contributed by atoms with Crippen LogP contribution in [0.5, 0.6) is 0 Å². The van der Waals surface area contributed by atoms with E-state index in [2.05, 4.69) is 47.5 Å². The number of hydrogen-bond acceptors (Lipinski definition) is 1. The van der Waals surface area contributed by atoms with Crippen LogP contribution in [0.4, 0.5) is 0 Å². The molecule has 1 aromatic heterocycles. The Labute approximate surface area is 102 Å². The maximum Gasteiger partial charge on any atom is 0.0270 e. The van der Waals surface area contributed by atoms with Gasteiger partial charge in [-0.05, 0) is 53.7 Å². The van der Waals surface area contributed by atoms with Crippen molar-refractivity contribution in [2.45, 2.75) is 19.3 Å². The van der Waals surface area contributed by atoms with Gasteiger partial charge in [-0.3, -0.25) is 4.98 Å². The molecule has 2 aromatic rings. The first-order chi connectivity index (χ1) is 8.43. The van der Waals surface area contributed by atoms with Crippen LogP contribution in [0.2, 0.25) is 0 Å². The Morgan fingerprint density at radius 3 is 2.71 bits per heavy atom. The first-order valence-electron chi connectivity index (χ1n) is 6.10. The third-order valence-electron chi connectivity index (χ3n) is 3.31. The second-order valence-corrected chi connectivity index (χ2v) is 4.46. The first-order valence-corrected chi connectivity index (χ1v) is 6.10. The minimum Gasteiger partial charge on any atom is -0.265 e. The molecule has 0 N–H and O–H groups in total. The lowest BCUT2D eigenvalue weighted by Gasteiger charge is -2.17. The molecule has 1 aliphatic carbocycles. The summed E-state index contributed by atoms with van der Waals surface area (Å²) < 4.78 is 0. The van der Waals surface area contributed by atoms with Gasteiger partial charge in [0, 0.05) is 12.4 Å². The molecule has 1 heterocycles. The summed E-state index contributed by atoms with van der Waals surface area (Å²) in [5.74, 6) is 0. The van der Waals surface area contributed by atoms with Gasteiger partial charge in [-0.2, -0.15) is 0 Å². The topological polar surface area (TPSA) is 12.9 Å². The van der Waals surface area contributed by atoms with Crippen LogP contribution in [0, 0.1) is 0 Å². The lowest BCUT2D eigenvalue weighted by Crippen LogP contribution is -2.01. The van der Waals surface area contributed by atoms with Crippen LogP contribution < -0.4 is 0 Å². The van der Waals surface area contributed by atoms with Gasteiger partial charge in [-0.25, -0.2) is 0 Å². The van der Waals surface area contributed by atoms with Gasteiger partial charge in [0.2, 0.25) is 0 Å². The molecule has 0 spiro atoms. The molecule has 17 heavy (non-hydrogen) atoms. The van der Waals surface area contributed by atoms with E-state index in [9.17, 15) is 0 Å². The number of aryl methyl sites for hydroxylation is 1.